The van der Waals surface area contributed by atoms with Gasteiger partial charge in [0.05, 0.1) is 6.61 Å². The maximum absolute atomic E-state index is 12.1. The summed E-state index contributed by atoms with van der Waals surface area (Å²) < 4.78 is 10.9. The molecule has 2 N–H and O–H groups in total. The Hall–Kier alpha value is -2.48. The summed E-state index contributed by atoms with van der Waals surface area (Å²) in [7, 11) is 0. The molecule has 0 radical (unpaired) electrons. The summed E-state index contributed by atoms with van der Waals surface area (Å²) in [6, 6.07) is 6.26. The second-order valence-corrected chi connectivity index (χ2v) is 8.28. The van der Waals surface area contributed by atoms with Gasteiger partial charge in [0.25, 0.3) is 5.91 Å². The summed E-state index contributed by atoms with van der Waals surface area (Å²) in [5, 5.41) is 13.5. The van der Waals surface area contributed by atoms with Gasteiger partial charge in [-0.05, 0) is 49.3 Å². The number of ether oxygens (including phenoxy) is 2. The molecule has 0 spiro atoms. The van der Waals surface area contributed by atoms with Gasteiger partial charge in [0.2, 0.25) is 0 Å². The molecular weight excluding hydrogens is 455 g/mol. The van der Waals surface area contributed by atoms with E-state index in [0.29, 0.717) is 53.9 Å². The molecule has 32 heavy (non-hydrogen) atoms. The van der Waals surface area contributed by atoms with Crippen molar-refractivity contribution < 1.29 is 24.2 Å². The van der Waals surface area contributed by atoms with Crippen LogP contribution >= 0.6 is 23.2 Å². The topological polar surface area (TPSA) is 88.1 Å². The lowest BCUT2D eigenvalue weighted by molar-refractivity contribution is -0.144. The van der Waals surface area contributed by atoms with Crippen molar-refractivity contribution in [2.45, 2.75) is 31.3 Å². The van der Waals surface area contributed by atoms with Gasteiger partial charge in [0.1, 0.15) is 17.6 Å². The van der Waals surface area contributed by atoms with Gasteiger partial charge in [0.15, 0.2) is 6.61 Å². The molecule has 0 aliphatic carbocycles. The fourth-order valence-corrected chi connectivity index (χ4v) is 3.48. The van der Waals surface area contributed by atoms with Crippen LogP contribution in [0.3, 0.4) is 0 Å². The number of hydrogen-bond acceptors (Lipinski definition) is 5. The van der Waals surface area contributed by atoms with Gasteiger partial charge in [-0.25, -0.2) is 0 Å². The van der Waals surface area contributed by atoms with E-state index < -0.39 is 12.0 Å². The third-order valence-electron chi connectivity index (χ3n) is 4.93. The van der Waals surface area contributed by atoms with Crippen LogP contribution in [-0.2, 0) is 14.3 Å². The minimum Gasteiger partial charge on any atom is -0.494 e. The molecule has 174 valence electrons. The molecule has 1 saturated heterocycles. The van der Waals surface area contributed by atoms with Crippen LogP contribution in [0.2, 0.25) is 5.02 Å². The van der Waals surface area contributed by atoms with Crippen molar-refractivity contribution in [2.75, 3.05) is 26.3 Å². The molecule has 1 aliphatic heterocycles. The standard InChI is InChI=1S/C23H28Cl2N2O5/c1-16(24)3-4-17(2)32-15-22(28)26-19-9-12-27(13-10-19)21(23(29)30)11-14-31-20-7-5-18(25)6-8-20/h3-8,19,21H,1-2,9-15H2,(H,26,28)(H,29,30)/b4-3-. The molecule has 0 bridgehead atoms. The highest BCUT2D eigenvalue weighted by atomic mass is 35.5. The van der Waals surface area contributed by atoms with E-state index in [1.54, 1.807) is 24.3 Å². The minimum atomic E-state index is -0.883. The number of likely N-dealkylation sites (tertiary alicyclic amines) is 1. The molecule has 1 aromatic carbocycles. The normalized spacial score (nSPS) is 15.8. The molecule has 0 saturated carbocycles. The van der Waals surface area contributed by atoms with Crippen LogP contribution in [0.1, 0.15) is 19.3 Å². The summed E-state index contributed by atoms with van der Waals surface area (Å²) in [6.45, 7) is 8.44. The van der Waals surface area contributed by atoms with Gasteiger partial charge in [-0.3, -0.25) is 14.5 Å². The van der Waals surface area contributed by atoms with E-state index in [2.05, 4.69) is 18.5 Å². The predicted molar refractivity (Wildman–Crippen MR) is 125 cm³/mol. The zero-order valence-electron chi connectivity index (χ0n) is 17.8. The number of hydrogen-bond donors (Lipinski definition) is 2. The van der Waals surface area contributed by atoms with E-state index in [4.69, 9.17) is 32.7 Å². The number of carbonyl (C=O) groups is 2. The van der Waals surface area contributed by atoms with Gasteiger partial charge in [0, 0.05) is 35.6 Å². The molecule has 9 heteroatoms. The number of nitrogens with one attached hydrogen (secondary N) is 1. The Morgan fingerprint density at radius 3 is 2.47 bits per heavy atom. The number of carbonyl (C=O) groups excluding carboxylic acids is 1. The largest absolute Gasteiger partial charge is 0.494 e. The maximum atomic E-state index is 12.1. The molecule has 2 rings (SSSR count). The van der Waals surface area contributed by atoms with E-state index in [1.165, 1.54) is 12.2 Å². The van der Waals surface area contributed by atoms with Crippen molar-refractivity contribution in [3.63, 3.8) is 0 Å². The Balaban J connectivity index is 1.72. The van der Waals surface area contributed by atoms with E-state index in [0.717, 1.165) is 0 Å². The van der Waals surface area contributed by atoms with Crippen LogP contribution in [0, 0.1) is 0 Å². The first-order valence-corrected chi connectivity index (χ1v) is 11.0. The lowest BCUT2D eigenvalue weighted by Gasteiger charge is -2.35. The quantitative estimate of drug-likeness (QED) is 0.346. The second-order valence-electron chi connectivity index (χ2n) is 7.36. The Morgan fingerprint density at radius 2 is 1.88 bits per heavy atom. The second kappa shape index (κ2) is 13.2. The summed E-state index contributed by atoms with van der Waals surface area (Å²) in [5.74, 6) is -0.185. The monoisotopic (exact) mass is 482 g/mol. The van der Waals surface area contributed by atoms with Crippen molar-refractivity contribution in [3.8, 4) is 5.75 Å². The highest BCUT2D eigenvalue weighted by Gasteiger charge is 2.30. The summed E-state index contributed by atoms with van der Waals surface area (Å²) in [5.41, 5.74) is 0. The number of rotatable bonds is 12. The van der Waals surface area contributed by atoms with Crippen molar-refractivity contribution in [2.24, 2.45) is 0 Å². The minimum absolute atomic E-state index is 0.0338. The zero-order valence-corrected chi connectivity index (χ0v) is 19.3. The number of benzene rings is 1. The Kier molecular flexibility index (Phi) is 10.6. The third-order valence-corrected chi connectivity index (χ3v) is 5.31. The van der Waals surface area contributed by atoms with Crippen molar-refractivity contribution in [1.82, 2.24) is 10.2 Å². The average molecular weight is 483 g/mol. The molecule has 1 atom stereocenters. The number of carboxylic acid groups (broad SMARTS) is 1. The molecule has 1 unspecified atom stereocenters. The number of halogens is 2. The molecule has 1 aliphatic rings. The zero-order chi connectivity index (χ0) is 23.5. The van der Waals surface area contributed by atoms with Crippen molar-refractivity contribution in [3.05, 3.63) is 65.4 Å². The summed E-state index contributed by atoms with van der Waals surface area (Å²) in [4.78, 5) is 25.8. The molecule has 0 aromatic heterocycles. The molecule has 1 heterocycles. The molecule has 1 fully saturated rings. The lowest BCUT2D eigenvalue weighted by Crippen LogP contribution is -2.51. The Morgan fingerprint density at radius 1 is 1.22 bits per heavy atom. The van der Waals surface area contributed by atoms with Gasteiger partial charge in [-0.1, -0.05) is 36.4 Å². The average Bonchev–Trinajstić information content (AvgIpc) is 2.75. The van der Waals surface area contributed by atoms with Crippen LogP contribution in [0.25, 0.3) is 0 Å². The third kappa shape index (κ3) is 9.34. The number of nitrogens with zero attached hydrogens (tertiary/aromatic N) is 1. The predicted octanol–water partition coefficient (Wildman–Crippen LogP) is 3.98. The van der Waals surface area contributed by atoms with Crippen molar-refractivity contribution in [1.29, 1.82) is 0 Å². The van der Waals surface area contributed by atoms with Crippen molar-refractivity contribution >= 4 is 35.1 Å². The molecule has 7 nitrogen and oxygen atoms in total. The number of piperidine rings is 1. The Bertz CT molecular complexity index is 833. The number of aliphatic carboxylic acids is 1. The van der Waals surface area contributed by atoms with Crippen LogP contribution in [0.15, 0.2) is 60.4 Å². The van der Waals surface area contributed by atoms with Gasteiger partial charge in [-0.15, -0.1) is 0 Å². The number of amides is 1. The lowest BCUT2D eigenvalue weighted by atomic mass is 10.0. The fourth-order valence-electron chi connectivity index (χ4n) is 3.30. The smallest absolute Gasteiger partial charge is 0.321 e. The number of carboxylic acids is 1. The molecule has 1 aromatic rings. The summed E-state index contributed by atoms with van der Waals surface area (Å²) >= 11 is 11.5. The highest BCUT2D eigenvalue weighted by Crippen LogP contribution is 2.18. The SMILES string of the molecule is C=C(Cl)/C=C\C(=C)OCC(=O)NC1CCN(C(CCOc2ccc(Cl)cc2)C(=O)O)CC1. The van der Waals surface area contributed by atoms with Crippen LogP contribution < -0.4 is 10.1 Å². The highest BCUT2D eigenvalue weighted by molar-refractivity contribution is 6.31. The molecule has 1 amide bonds. The van der Waals surface area contributed by atoms with Gasteiger partial charge >= 0.3 is 5.97 Å². The Labute approximate surface area is 198 Å². The fraction of sp³-hybridized carbons (Fsp3) is 0.391. The number of allylic oxidation sites excluding steroid dienone is 3. The van der Waals surface area contributed by atoms with Gasteiger partial charge < -0.3 is 19.9 Å². The first kappa shape index (κ1) is 25.8. The van der Waals surface area contributed by atoms with Crippen LogP contribution in [0.4, 0.5) is 0 Å². The summed E-state index contributed by atoms with van der Waals surface area (Å²) in [6.07, 6.45) is 4.72. The van der Waals surface area contributed by atoms with Crippen LogP contribution in [-0.4, -0.2) is 60.3 Å². The van der Waals surface area contributed by atoms with Gasteiger partial charge in [-0.2, -0.15) is 0 Å². The first-order chi connectivity index (χ1) is 15.2. The first-order valence-electron chi connectivity index (χ1n) is 10.2. The maximum Gasteiger partial charge on any atom is 0.321 e. The van der Waals surface area contributed by atoms with E-state index in [1.807, 2.05) is 4.90 Å². The van der Waals surface area contributed by atoms with E-state index >= 15 is 0 Å². The van der Waals surface area contributed by atoms with Crippen LogP contribution in [0.5, 0.6) is 5.75 Å². The van der Waals surface area contributed by atoms with E-state index in [9.17, 15) is 14.7 Å². The molecular formula is C23H28Cl2N2O5. The van der Waals surface area contributed by atoms with E-state index in [-0.39, 0.29) is 25.2 Å².